The molecule has 8 heteroatoms. The molecule has 0 bridgehead atoms. The lowest BCUT2D eigenvalue weighted by atomic mass is 9.88. The highest BCUT2D eigenvalue weighted by atomic mass is 32.1. The minimum Gasteiger partial charge on any atom is -0.488 e. The molecule has 29 heavy (non-hydrogen) atoms. The molecule has 1 amide bonds. The van der Waals surface area contributed by atoms with Crippen LogP contribution in [-0.2, 0) is 28.9 Å². The van der Waals surface area contributed by atoms with Gasteiger partial charge in [-0.15, -0.1) is 11.3 Å². The third kappa shape index (κ3) is 4.70. The number of anilines is 1. The zero-order valence-corrected chi connectivity index (χ0v) is 17.8. The summed E-state index contributed by atoms with van der Waals surface area (Å²) in [4.78, 5) is 38.7. The first-order chi connectivity index (χ1) is 13.9. The molecule has 1 aliphatic rings. The second-order valence-electron chi connectivity index (χ2n) is 7.06. The largest absolute Gasteiger partial charge is 0.488 e. The van der Waals surface area contributed by atoms with E-state index in [0.29, 0.717) is 23.1 Å². The van der Waals surface area contributed by atoms with Crippen LogP contribution in [-0.4, -0.2) is 29.7 Å². The summed E-state index contributed by atoms with van der Waals surface area (Å²) in [5, 5.41) is 3.33. The van der Waals surface area contributed by atoms with Gasteiger partial charge in [-0.25, -0.2) is 4.79 Å². The Balaban J connectivity index is 1.84. The van der Waals surface area contributed by atoms with Gasteiger partial charge in [-0.3, -0.25) is 9.59 Å². The molecule has 1 unspecified atom stereocenters. The second-order valence-corrected chi connectivity index (χ2v) is 8.17. The first-order valence-corrected chi connectivity index (χ1v) is 10.7. The van der Waals surface area contributed by atoms with Gasteiger partial charge in [0.05, 0.1) is 18.8 Å². The zero-order valence-electron chi connectivity index (χ0n) is 16.9. The monoisotopic (exact) mass is 418 g/mol. The number of nitrogens with zero attached hydrogens (tertiary/aromatic N) is 1. The third-order valence-corrected chi connectivity index (χ3v) is 6.01. The lowest BCUT2D eigenvalue weighted by molar-refractivity contribution is -0.116. The van der Waals surface area contributed by atoms with Crippen molar-refractivity contribution in [2.24, 2.45) is 5.92 Å². The summed E-state index contributed by atoms with van der Waals surface area (Å²) in [5.41, 5.74) is 1.08. The van der Waals surface area contributed by atoms with Gasteiger partial charge in [0.15, 0.2) is 5.75 Å². The Hall–Kier alpha value is -2.61. The maximum Gasteiger partial charge on any atom is 0.341 e. The molecule has 2 aromatic rings. The first-order valence-electron chi connectivity index (χ1n) is 9.88. The summed E-state index contributed by atoms with van der Waals surface area (Å²) in [5.74, 6) is -0.0430. The SMILES string of the molecule is CCOC(=O)c1c(NC(=O)Cn2cccc(OCC)c2=O)sc2c1CCC(C)C2. The molecule has 1 aliphatic carbocycles. The van der Waals surface area contributed by atoms with Crippen molar-refractivity contribution in [1.82, 2.24) is 4.57 Å². The molecule has 0 saturated carbocycles. The molecular formula is C21H26N2O5S. The van der Waals surface area contributed by atoms with E-state index in [4.69, 9.17) is 9.47 Å². The van der Waals surface area contributed by atoms with Crippen molar-refractivity contribution in [2.45, 2.75) is 46.6 Å². The highest BCUT2D eigenvalue weighted by Crippen LogP contribution is 2.40. The fourth-order valence-electron chi connectivity index (χ4n) is 3.48. The van der Waals surface area contributed by atoms with Crippen molar-refractivity contribution >= 4 is 28.2 Å². The number of nitrogens with one attached hydrogen (secondary N) is 1. The van der Waals surface area contributed by atoms with Crippen LogP contribution in [0.4, 0.5) is 5.00 Å². The number of esters is 1. The number of ether oxygens (including phenoxy) is 2. The van der Waals surface area contributed by atoms with Gasteiger partial charge in [-0.05, 0) is 56.7 Å². The molecule has 0 spiro atoms. The van der Waals surface area contributed by atoms with Crippen molar-refractivity contribution < 1.29 is 19.1 Å². The van der Waals surface area contributed by atoms with Crippen LogP contribution in [0, 0.1) is 5.92 Å². The molecule has 3 rings (SSSR count). The number of amides is 1. The fraction of sp³-hybridized carbons (Fsp3) is 0.476. The summed E-state index contributed by atoms with van der Waals surface area (Å²) in [6, 6.07) is 3.24. The maximum absolute atomic E-state index is 12.7. The highest BCUT2D eigenvalue weighted by molar-refractivity contribution is 7.17. The molecule has 0 radical (unpaired) electrons. The number of rotatable bonds is 7. The van der Waals surface area contributed by atoms with Crippen LogP contribution in [0.1, 0.15) is 48.0 Å². The number of carbonyl (C=O) groups is 2. The predicted octanol–water partition coefficient (Wildman–Crippen LogP) is 3.25. The smallest absolute Gasteiger partial charge is 0.341 e. The maximum atomic E-state index is 12.7. The van der Waals surface area contributed by atoms with E-state index in [1.54, 1.807) is 26.0 Å². The van der Waals surface area contributed by atoms with Gasteiger partial charge >= 0.3 is 5.97 Å². The van der Waals surface area contributed by atoms with Crippen LogP contribution >= 0.6 is 11.3 Å². The average molecular weight is 419 g/mol. The van der Waals surface area contributed by atoms with Crippen LogP contribution in [0.25, 0.3) is 0 Å². The molecule has 2 heterocycles. The van der Waals surface area contributed by atoms with Crippen molar-refractivity contribution in [3.05, 3.63) is 44.7 Å². The van der Waals surface area contributed by atoms with Crippen molar-refractivity contribution in [2.75, 3.05) is 18.5 Å². The molecule has 1 atom stereocenters. The Bertz CT molecular complexity index is 962. The van der Waals surface area contributed by atoms with Crippen LogP contribution in [0.15, 0.2) is 23.1 Å². The summed E-state index contributed by atoms with van der Waals surface area (Å²) in [6.45, 7) is 6.21. The number of pyridine rings is 1. The second kappa shape index (κ2) is 9.26. The molecule has 0 saturated heterocycles. The van der Waals surface area contributed by atoms with Crippen molar-refractivity contribution in [1.29, 1.82) is 0 Å². The van der Waals surface area contributed by atoms with E-state index in [1.165, 1.54) is 22.1 Å². The number of fused-ring (bicyclic) bond motifs is 1. The van der Waals surface area contributed by atoms with Gasteiger partial charge in [-0.2, -0.15) is 0 Å². The van der Waals surface area contributed by atoms with Gasteiger partial charge < -0.3 is 19.4 Å². The minimum atomic E-state index is -0.412. The number of aromatic nitrogens is 1. The fourth-order valence-corrected chi connectivity index (χ4v) is 4.90. The molecule has 0 aromatic carbocycles. The molecule has 7 nitrogen and oxygen atoms in total. The standard InChI is InChI=1S/C21H26N2O5S/c1-4-27-15-7-6-10-23(20(15)25)12-17(24)22-19-18(21(26)28-5-2)14-9-8-13(3)11-16(14)29-19/h6-7,10,13H,4-5,8-9,11-12H2,1-3H3,(H,22,24). The topological polar surface area (TPSA) is 86.6 Å². The molecule has 2 aromatic heterocycles. The van der Waals surface area contributed by atoms with E-state index in [-0.39, 0.29) is 30.4 Å². The molecule has 156 valence electrons. The highest BCUT2D eigenvalue weighted by Gasteiger charge is 2.29. The average Bonchev–Trinajstić information content (AvgIpc) is 3.02. The zero-order chi connectivity index (χ0) is 21.0. The van der Waals surface area contributed by atoms with E-state index in [9.17, 15) is 14.4 Å². The van der Waals surface area contributed by atoms with E-state index >= 15 is 0 Å². The molecule has 1 N–H and O–H groups in total. The lowest BCUT2D eigenvalue weighted by Gasteiger charge is -2.18. The minimum absolute atomic E-state index is 0.166. The van der Waals surface area contributed by atoms with E-state index in [2.05, 4.69) is 12.2 Å². The van der Waals surface area contributed by atoms with Gasteiger partial charge in [0.2, 0.25) is 5.91 Å². The van der Waals surface area contributed by atoms with Crippen LogP contribution < -0.4 is 15.6 Å². The van der Waals surface area contributed by atoms with Gasteiger partial charge in [0.1, 0.15) is 11.5 Å². The quantitative estimate of drug-likeness (QED) is 0.698. The molecule has 0 fully saturated rings. The number of hydrogen-bond donors (Lipinski definition) is 1. The number of hydrogen-bond acceptors (Lipinski definition) is 6. The predicted molar refractivity (Wildman–Crippen MR) is 112 cm³/mol. The molecule has 0 aliphatic heterocycles. The van der Waals surface area contributed by atoms with Gasteiger partial charge in [0.25, 0.3) is 5.56 Å². The summed E-state index contributed by atoms with van der Waals surface area (Å²) < 4.78 is 11.8. The third-order valence-electron chi connectivity index (χ3n) is 4.84. The Morgan fingerprint density at radius 3 is 2.83 bits per heavy atom. The van der Waals surface area contributed by atoms with Crippen molar-refractivity contribution in [3.8, 4) is 5.75 Å². The Morgan fingerprint density at radius 1 is 1.31 bits per heavy atom. The van der Waals surface area contributed by atoms with E-state index in [1.807, 2.05) is 0 Å². The number of carbonyl (C=O) groups excluding carboxylic acids is 2. The summed E-state index contributed by atoms with van der Waals surface area (Å²) in [6.07, 6.45) is 4.23. The van der Waals surface area contributed by atoms with Gasteiger partial charge in [0, 0.05) is 11.1 Å². The Morgan fingerprint density at radius 2 is 2.10 bits per heavy atom. The van der Waals surface area contributed by atoms with Crippen LogP contribution in [0.3, 0.4) is 0 Å². The molecular weight excluding hydrogens is 392 g/mol. The van der Waals surface area contributed by atoms with Crippen molar-refractivity contribution in [3.63, 3.8) is 0 Å². The van der Waals surface area contributed by atoms with Crippen LogP contribution in [0.2, 0.25) is 0 Å². The van der Waals surface area contributed by atoms with E-state index < -0.39 is 5.97 Å². The first kappa shape index (κ1) is 21.1. The Labute approximate surface area is 173 Å². The summed E-state index contributed by atoms with van der Waals surface area (Å²) >= 11 is 1.43. The number of thiophene rings is 1. The van der Waals surface area contributed by atoms with Crippen LogP contribution in [0.5, 0.6) is 5.75 Å². The lowest BCUT2D eigenvalue weighted by Crippen LogP contribution is -2.28. The van der Waals surface area contributed by atoms with E-state index in [0.717, 1.165) is 29.7 Å². The van der Waals surface area contributed by atoms with Gasteiger partial charge in [-0.1, -0.05) is 6.92 Å². The Kier molecular flexibility index (Phi) is 6.74. The summed E-state index contributed by atoms with van der Waals surface area (Å²) in [7, 11) is 0. The normalized spacial score (nSPS) is 15.5.